The van der Waals surface area contributed by atoms with E-state index in [1.807, 2.05) is 13.8 Å². The summed E-state index contributed by atoms with van der Waals surface area (Å²) >= 11 is 0. The molecule has 3 nitrogen and oxygen atoms in total. The van der Waals surface area contributed by atoms with Gasteiger partial charge in [-0.3, -0.25) is 9.78 Å². The Hall–Kier alpha value is -1.45. The number of carbonyl (C=O) groups excluding carboxylic acids is 1. The summed E-state index contributed by atoms with van der Waals surface area (Å²) in [6.45, 7) is 4.18. The molecule has 1 aliphatic rings. The van der Waals surface area contributed by atoms with Gasteiger partial charge in [-0.05, 0) is 62.5 Å². The number of aromatic nitrogens is 1. The van der Waals surface area contributed by atoms with Crippen molar-refractivity contribution in [3.8, 4) is 0 Å². The SMILES string of the molecule is CCOC(=O)CC1CCC(c2c(C)cncc2F)CC1. The molecule has 4 heteroatoms. The highest BCUT2D eigenvalue weighted by molar-refractivity contribution is 5.69. The lowest BCUT2D eigenvalue weighted by molar-refractivity contribution is -0.144. The Morgan fingerprint density at radius 1 is 1.35 bits per heavy atom. The maximum atomic E-state index is 13.9. The second-order valence-corrected chi connectivity index (χ2v) is 5.58. The second kappa shape index (κ2) is 6.82. The van der Waals surface area contributed by atoms with Crippen LogP contribution in [0.15, 0.2) is 12.4 Å². The third-order valence-electron chi connectivity index (χ3n) is 4.15. The van der Waals surface area contributed by atoms with Crippen molar-refractivity contribution in [2.45, 2.75) is 51.9 Å². The van der Waals surface area contributed by atoms with Gasteiger partial charge in [0.2, 0.25) is 0 Å². The van der Waals surface area contributed by atoms with Crippen LogP contribution in [0.4, 0.5) is 4.39 Å². The first-order valence-electron chi connectivity index (χ1n) is 7.37. The highest BCUT2D eigenvalue weighted by atomic mass is 19.1. The van der Waals surface area contributed by atoms with Gasteiger partial charge in [-0.1, -0.05) is 0 Å². The quantitative estimate of drug-likeness (QED) is 0.788. The Morgan fingerprint density at radius 2 is 2.05 bits per heavy atom. The molecule has 1 aliphatic carbocycles. The van der Waals surface area contributed by atoms with E-state index in [0.29, 0.717) is 18.9 Å². The zero-order valence-corrected chi connectivity index (χ0v) is 12.2. The molecule has 0 bridgehead atoms. The van der Waals surface area contributed by atoms with Gasteiger partial charge < -0.3 is 4.74 Å². The first-order chi connectivity index (χ1) is 9.61. The molecular weight excluding hydrogens is 257 g/mol. The van der Waals surface area contributed by atoms with Crippen molar-refractivity contribution >= 4 is 5.97 Å². The molecule has 0 atom stereocenters. The molecule has 0 amide bonds. The van der Waals surface area contributed by atoms with Crippen LogP contribution < -0.4 is 0 Å². The summed E-state index contributed by atoms with van der Waals surface area (Å²) in [4.78, 5) is 15.4. The van der Waals surface area contributed by atoms with Crippen LogP contribution in [0, 0.1) is 18.7 Å². The molecular formula is C16H22FNO2. The number of ether oxygens (including phenoxy) is 1. The van der Waals surface area contributed by atoms with Crippen LogP contribution >= 0.6 is 0 Å². The van der Waals surface area contributed by atoms with E-state index in [4.69, 9.17) is 4.74 Å². The molecule has 1 saturated carbocycles. The smallest absolute Gasteiger partial charge is 0.306 e. The number of rotatable bonds is 4. The van der Waals surface area contributed by atoms with Gasteiger partial charge >= 0.3 is 5.97 Å². The number of hydrogen-bond acceptors (Lipinski definition) is 3. The van der Waals surface area contributed by atoms with Crippen LogP contribution in [-0.4, -0.2) is 17.6 Å². The topological polar surface area (TPSA) is 39.2 Å². The van der Waals surface area contributed by atoms with E-state index >= 15 is 0 Å². The number of hydrogen-bond donors (Lipinski definition) is 0. The Balaban J connectivity index is 1.93. The molecule has 0 aliphatic heterocycles. The minimum absolute atomic E-state index is 0.109. The van der Waals surface area contributed by atoms with Crippen molar-refractivity contribution in [2.24, 2.45) is 5.92 Å². The highest BCUT2D eigenvalue weighted by Crippen LogP contribution is 2.39. The molecule has 1 aromatic rings. The molecule has 1 aromatic heterocycles. The normalized spacial score (nSPS) is 22.6. The number of aryl methyl sites for hydroxylation is 1. The lowest BCUT2D eigenvalue weighted by Gasteiger charge is -2.29. The van der Waals surface area contributed by atoms with E-state index in [-0.39, 0.29) is 17.7 Å². The predicted octanol–water partition coefficient (Wildman–Crippen LogP) is 3.76. The van der Waals surface area contributed by atoms with Crippen LogP contribution in [0.25, 0.3) is 0 Å². The van der Waals surface area contributed by atoms with Crippen molar-refractivity contribution in [1.29, 1.82) is 0 Å². The molecule has 0 saturated heterocycles. The maximum Gasteiger partial charge on any atom is 0.306 e. The van der Waals surface area contributed by atoms with Crippen molar-refractivity contribution in [1.82, 2.24) is 4.98 Å². The molecule has 110 valence electrons. The second-order valence-electron chi connectivity index (χ2n) is 5.58. The van der Waals surface area contributed by atoms with E-state index in [0.717, 1.165) is 36.8 Å². The average Bonchev–Trinajstić information content (AvgIpc) is 2.40. The fourth-order valence-electron chi connectivity index (χ4n) is 3.17. The first-order valence-corrected chi connectivity index (χ1v) is 7.37. The van der Waals surface area contributed by atoms with Gasteiger partial charge in [-0.2, -0.15) is 0 Å². The van der Waals surface area contributed by atoms with Crippen LogP contribution in [0.1, 0.15) is 56.1 Å². The van der Waals surface area contributed by atoms with Gasteiger partial charge in [0.1, 0.15) is 5.82 Å². The summed E-state index contributed by atoms with van der Waals surface area (Å²) in [6.07, 6.45) is 7.32. The fraction of sp³-hybridized carbons (Fsp3) is 0.625. The molecule has 0 unspecified atom stereocenters. The number of nitrogens with zero attached hydrogens (tertiary/aromatic N) is 1. The van der Waals surface area contributed by atoms with Crippen molar-refractivity contribution in [3.63, 3.8) is 0 Å². The van der Waals surface area contributed by atoms with Crippen LogP contribution in [0.5, 0.6) is 0 Å². The zero-order chi connectivity index (χ0) is 14.5. The summed E-state index contributed by atoms with van der Waals surface area (Å²) in [5.74, 6) is 0.341. The van der Waals surface area contributed by atoms with E-state index < -0.39 is 0 Å². The van der Waals surface area contributed by atoms with Gasteiger partial charge in [0, 0.05) is 12.6 Å². The maximum absolute atomic E-state index is 13.9. The lowest BCUT2D eigenvalue weighted by atomic mass is 9.77. The van der Waals surface area contributed by atoms with Crippen LogP contribution in [0.2, 0.25) is 0 Å². The van der Waals surface area contributed by atoms with E-state index in [9.17, 15) is 9.18 Å². The standard InChI is InChI=1S/C16H22FNO2/c1-3-20-15(19)8-12-4-6-13(7-5-12)16-11(2)9-18-10-14(16)17/h9-10,12-13H,3-8H2,1-2H3. The van der Waals surface area contributed by atoms with Gasteiger partial charge in [0.05, 0.1) is 12.8 Å². The number of halogens is 1. The van der Waals surface area contributed by atoms with Crippen molar-refractivity contribution in [3.05, 3.63) is 29.3 Å². The molecule has 0 spiro atoms. The summed E-state index contributed by atoms with van der Waals surface area (Å²) < 4.78 is 18.9. The zero-order valence-electron chi connectivity index (χ0n) is 12.2. The molecule has 0 N–H and O–H groups in total. The Labute approximate surface area is 119 Å². The lowest BCUT2D eigenvalue weighted by Crippen LogP contribution is -2.19. The Bertz CT molecular complexity index is 447. The fourth-order valence-corrected chi connectivity index (χ4v) is 3.17. The molecule has 0 radical (unpaired) electrons. The van der Waals surface area contributed by atoms with Gasteiger partial charge in [0.15, 0.2) is 0 Å². The van der Waals surface area contributed by atoms with Crippen molar-refractivity contribution < 1.29 is 13.9 Å². The predicted molar refractivity (Wildman–Crippen MR) is 74.9 cm³/mol. The number of pyridine rings is 1. The van der Waals surface area contributed by atoms with Crippen LogP contribution in [-0.2, 0) is 9.53 Å². The molecule has 20 heavy (non-hydrogen) atoms. The molecule has 2 rings (SSSR count). The van der Waals surface area contributed by atoms with Gasteiger partial charge in [0.25, 0.3) is 0 Å². The summed E-state index contributed by atoms with van der Waals surface area (Å²) in [5, 5.41) is 0. The monoisotopic (exact) mass is 279 g/mol. The van der Waals surface area contributed by atoms with Gasteiger partial charge in [-0.15, -0.1) is 0 Å². The third kappa shape index (κ3) is 3.56. The largest absolute Gasteiger partial charge is 0.466 e. The van der Waals surface area contributed by atoms with Crippen molar-refractivity contribution in [2.75, 3.05) is 6.61 Å². The third-order valence-corrected chi connectivity index (χ3v) is 4.15. The Morgan fingerprint density at radius 3 is 2.65 bits per heavy atom. The van der Waals surface area contributed by atoms with Gasteiger partial charge in [-0.25, -0.2) is 4.39 Å². The number of carbonyl (C=O) groups is 1. The van der Waals surface area contributed by atoms with E-state index in [2.05, 4.69) is 4.98 Å². The molecule has 1 heterocycles. The summed E-state index contributed by atoms with van der Waals surface area (Å²) in [5.41, 5.74) is 1.74. The first kappa shape index (κ1) is 14.9. The highest BCUT2D eigenvalue weighted by Gasteiger charge is 2.27. The molecule has 0 aromatic carbocycles. The van der Waals surface area contributed by atoms with E-state index in [1.165, 1.54) is 6.20 Å². The average molecular weight is 279 g/mol. The minimum Gasteiger partial charge on any atom is -0.466 e. The summed E-state index contributed by atoms with van der Waals surface area (Å²) in [7, 11) is 0. The number of esters is 1. The van der Waals surface area contributed by atoms with Crippen LogP contribution in [0.3, 0.4) is 0 Å². The minimum atomic E-state index is -0.196. The summed E-state index contributed by atoms with van der Waals surface area (Å²) in [6, 6.07) is 0. The Kier molecular flexibility index (Phi) is 5.10. The molecule has 1 fully saturated rings. The van der Waals surface area contributed by atoms with E-state index in [1.54, 1.807) is 6.20 Å².